The number of rotatable bonds is 5. The molecule has 1 fully saturated rings. The van der Waals surface area contributed by atoms with E-state index >= 15 is 0 Å². The van der Waals surface area contributed by atoms with Crippen LogP contribution in [0.5, 0.6) is 0 Å². The van der Waals surface area contributed by atoms with Crippen molar-refractivity contribution in [2.75, 3.05) is 7.05 Å². The standard InChI is InChI=1S/C17H23N3O/c1-18-15-10-8-14(9-11-15)17-19-16(20-21-17)12-7-13-5-3-2-4-6-13/h2-6,14-15,18H,7-12H2,1H3. The third-order valence-electron chi connectivity index (χ3n) is 4.45. The molecule has 0 aliphatic heterocycles. The molecule has 0 radical (unpaired) electrons. The van der Waals surface area contributed by atoms with Crippen molar-refractivity contribution in [1.29, 1.82) is 0 Å². The van der Waals surface area contributed by atoms with Crippen LogP contribution >= 0.6 is 0 Å². The van der Waals surface area contributed by atoms with Crippen LogP contribution in [0, 0.1) is 0 Å². The summed E-state index contributed by atoms with van der Waals surface area (Å²) in [6.07, 6.45) is 6.50. The van der Waals surface area contributed by atoms with E-state index in [0.29, 0.717) is 12.0 Å². The number of benzene rings is 1. The quantitative estimate of drug-likeness (QED) is 0.917. The highest BCUT2D eigenvalue weighted by Crippen LogP contribution is 2.31. The molecule has 1 aromatic heterocycles. The lowest BCUT2D eigenvalue weighted by atomic mass is 9.86. The van der Waals surface area contributed by atoms with Crippen LogP contribution in [0.1, 0.15) is 48.9 Å². The van der Waals surface area contributed by atoms with Crippen LogP contribution in [-0.2, 0) is 12.8 Å². The van der Waals surface area contributed by atoms with Crippen molar-refractivity contribution in [3.05, 3.63) is 47.6 Å². The van der Waals surface area contributed by atoms with Gasteiger partial charge in [-0.2, -0.15) is 4.98 Å². The Morgan fingerprint density at radius 2 is 1.86 bits per heavy atom. The number of nitrogens with one attached hydrogen (secondary N) is 1. The second kappa shape index (κ2) is 6.85. The molecule has 0 amide bonds. The Balaban J connectivity index is 1.54. The highest BCUT2D eigenvalue weighted by Gasteiger charge is 2.25. The molecule has 0 spiro atoms. The summed E-state index contributed by atoms with van der Waals surface area (Å²) < 4.78 is 5.48. The van der Waals surface area contributed by atoms with E-state index < -0.39 is 0 Å². The lowest BCUT2D eigenvalue weighted by Crippen LogP contribution is -2.29. The normalized spacial score (nSPS) is 22.3. The molecule has 1 aliphatic rings. The highest BCUT2D eigenvalue weighted by atomic mass is 16.5. The Labute approximate surface area is 126 Å². The van der Waals surface area contributed by atoms with Crippen LogP contribution in [-0.4, -0.2) is 23.2 Å². The van der Waals surface area contributed by atoms with Gasteiger partial charge in [0.05, 0.1) is 0 Å². The van der Waals surface area contributed by atoms with Gasteiger partial charge in [-0.05, 0) is 44.7 Å². The monoisotopic (exact) mass is 285 g/mol. The zero-order valence-corrected chi connectivity index (χ0v) is 12.6. The van der Waals surface area contributed by atoms with Crippen molar-refractivity contribution in [3.8, 4) is 0 Å². The highest BCUT2D eigenvalue weighted by molar-refractivity contribution is 5.15. The molecule has 1 saturated carbocycles. The fourth-order valence-electron chi connectivity index (χ4n) is 3.06. The fourth-order valence-corrected chi connectivity index (χ4v) is 3.06. The van der Waals surface area contributed by atoms with Crippen LogP contribution < -0.4 is 5.32 Å². The largest absolute Gasteiger partial charge is 0.339 e. The number of hydrogen-bond donors (Lipinski definition) is 1. The van der Waals surface area contributed by atoms with Gasteiger partial charge in [-0.1, -0.05) is 35.5 Å². The van der Waals surface area contributed by atoms with Crippen molar-refractivity contribution in [2.45, 2.75) is 50.5 Å². The Kier molecular flexibility index (Phi) is 4.65. The minimum atomic E-state index is 0.451. The zero-order valence-electron chi connectivity index (χ0n) is 12.6. The molecule has 4 heteroatoms. The van der Waals surface area contributed by atoms with E-state index in [0.717, 1.165) is 37.4 Å². The van der Waals surface area contributed by atoms with E-state index in [1.807, 2.05) is 13.1 Å². The number of hydrogen-bond acceptors (Lipinski definition) is 4. The molecule has 0 unspecified atom stereocenters. The Morgan fingerprint density at radius 1 is 1.10 bits per heavy atom. The molecule has 4 nitrogen and oxygen atoms in total. The van der Waals surface area contributed by atoms with Crippen LogP contribution in [0.2, 0.25) is 0 Å². The Bertz CT molecular complexity index is 544. The van der Waals surface area contributed by atoms with Crippen molar-refractivity contribution >= 4 is 0 Å². The molecule has 0 saturated heterocycles. The number of nitrogens with zero attached hydrogens (tertiary/aromatic N) is 2. The van der Waals surface area contributed by atoms with Crippen molar-refractivity contribution in [3.63, 3.8) is 0 Å². The van der Waals surface area contributed by atoms with Crippen LogP contribution in [0.4, 0.5) is 0 Å². The van der Waals surface area contributed by atoms with Crippen LogP contribution in [0.3, 0.4) is 0 Å². The third kappa shape index (κ3) is 3.70. The van der Waals surface area contributed by atoms with Crippen molar-refractivity contribution < 1.29 is 4.52 Å². The second-order valence-electron chi connectivity index (χ2n) is 5.87. The van der Waals surface area contributed by atoms with Crippen LogP contribution in [0.25, 0.3) is 0 Å². The molecule has 0 atom stereocenters. The molecule has 1 aromatic carbocycles. The lowest BCUT2D eigenvalue weighted by molar-refractivity contribution is 0.287. The lowest BCUT2D eigenvalue weighted by Gasteiger charge is -2.25. The van der Waals surface area contributed by atoms with Gasteiger partial charge in [-0.25, -0.2) is 0 Å². The average Bonchev–Trinajstić information content (AvgIpc) is 3.03. The van der Waals surface area contributed by atoms with Crippen molar-refractivity contribution in [2.24, 2.45) is 0 Å². The summed E-state index contributed by atoms with van der Waals surface area (Å²) in [6.45, 7) is 0. The summed E-state index contributed by atoms with van der Waals surface area (Å²) in [6, 6.07) is 11.1. The van der Waals surface area contributed by atoms with E-state index in [9.17, 15) is 0 Å². The van der Waals surface area contributed by atoms with E-state index in [1.54, 1.807) is 0 Å². The summed E-state index contributed by atoms with van der Waals surface area (Å²) in [4.78, 5) is 4.60. The minimum absolute atomic E-state index is 0.451. The maximum atomic E-state index is 5.48. The van der Waals surface area contributed by atoms with E-state index in [-0.39, 0.29) is 0 Å². The molecular formula is C17H23N3O. The molecule has 112 valence electrons. The Hall–Kier alpha value is -1.68. The topological polar surface area (TPSA) is 51.0 Å². The molecule has 2 aromatic rings. The Morgan fingerprint density at radius 3 is 2.57 bits per heavy atom. The van der Waals surface area contributed by atoms with Gasteiger partial charge >= 0.3 is 0 Å². The van der Waals surface area contributed by atoms with Gasteiger partial charge in [0, 0.05) is 18.4 Å². The van der Waals surface area contributed by atoms with Crippen molar-refractivity contribution in [1.82, 2.24) is 15.5 Å². The van der Waals surface area contributed by atoms with Gasteiger partial charge in [-0.3, -0.25) is 0 Å². The van der Waals surface area contributed by atoms with Gasteiger partial charge in [0.15, 0.2) is 5.82 Å². The first-order valence-electron chi connectivity index (χ1n) is 7.89. The predicted octanol–water partition coefficient (Wildman–Crippen LogP) is 3.10. The summed E-state index contributed by atoms with van der Waals surface area (Å²) in [5.74, 6) is 2.13. The fraction of sp³-hybridized carbons (Fsp3) is 0.529. The molecule has 0 bridgehead atoms. The molecule has 1 heterocycles. The summed E-state index contributed by atoms with van der Waals surface area (Å²) in [5, 5.41) is 7.50. The SMILES string of the molecule is CNC1CCC(c2nc(CCc3ccccc3)no2)CC1. The first-order valence-corrected chi connectivity index (χ1v) is 7.89. The summed E-state index contributed by atoms with van der Waals surface area (Å²) in [5.41, 5.74) is 1.32. The number of aryl methyl sites for hydroxylation is 2. The molecule has 3 rings (SSSR count). The van der Waals surface area contributed by atoms with Gasteiger partial charge < -0.3 is 9.84 Å². The van der Waals surface area contributed by atoms with E-state index in [1.165, 1.54) is 18.4 Å². The van der Waals surface area contributed by atoms with Gasteiger partial charge in [0.1, 0.15) is 0 Å². The predicted molar refractivity (Wildman–Crippen MR) is 82.2 cm³/mol. The minimum Gasteiger partial charge on any atom is -0.339 e. The average molecular weight is 285 g/mol. The van der Waals surface area contributed by atoms with Crippen LogP contribution in [0.15, 0.2) is 34.9 Å². The third-order valence-corrected chi connectivity index (χ3v) is 4.45. The maximum Gasteiger partial charge on any atom is 0.229 e. The molecule has 21 heavy (non-hydrogen) atoms. The first-order chi connectivity index (χ1) is 10.3. The van der Waals surface area contributed by atoms with Gasteiger partial charge in [0.25, 0.3) is 0 Å². The second-order valence-corrected chi connectivity index (χ2v) is 5.87. The summed E-state index contributed by atoms with van der Waals surface area (Å²) in [7, 11) is 2.04. The molecule has 1 aliphatic carbocycles. The van der Waals surface area contributed by atoms with Gasteiger partial charge in [0.2, 0.25) is 5.89 Å². The van der Waals surface area contributed by atoms with Gasteiger partial charge in [-0.15, -0.1) is 0 Å². The summed E-state index contributed by atoms with van der Waals surface area (Å²) >= 11 is 0. The zero-order chi connectivity index (χ0) is 14.5. The smallest absolute Gasteiger partial charge is 0.229 e. The maximum absolute atomic E-state index is 5.48. The first kappa shape index (κ1) is 14.3. The molecular weight excluding hydrogens is 262 g/mol. The number of aromatic nitrogens is 2. The molecule has 1 N–H and O–H groups in total. The van der Waals surface area contributed by atoms with E-state index in [2.05, 4.69) is 39.7 Å². The van der Waals surface area contributed by atoms with E-state index in [4.69, 9.17) is 4.52 Å².